The molecule has 1 aliphatic rings. The fraction of sp³-hybridized carbons (Fsp3) is 0.231. The number of nitrogens with one attached hydrogen (secondary N) is 1. The van der Waals surface area contributed by atoms with E-state index in [-0.39, 0.29) is 11.5 Å². The number of benzene rings is 1. The van der Waals surface area contributed by atoms with Gasteiger partial charge in [-0.25, -0.2) is 4.98 Å². The zero-order valence-corrected chi connectivity index (χ0v) is 10.7. The van der Waals surface area contributed by atoms with Gasteiger partial charge in [0.1, 0.15) is 10.3 Å². The Balaban J connectivity index is 2.07. The molecule has 0 radical (unpaired) electrons. The lowest BCUT2D eigenvalue weighted by atomic mass is 10.0. The van der Waals surface area contributed by atoms with Crippen LogP contribution in [-0.2, 0) is 6.42 Å². The lowest BCUT2D eigenvalue weighted by molar-refractivity contribution is 0.722. The average Bonchev–Trinajstić information content (AvgIpc) is 2.76. The molecule has 17 heavy (non-hydrogen) atoms. The third kappa shape index (κ3) is 1.82. The van der Waals surface area contributed by atoms with Crippen molar-refractivity contribution in [1.29, 1.82) is 0 Å². The van der Waals surface area contributed by atoms with E-state index in [9.17, 15) is 4.79 Å². The van der Waals surface area contributed by atoms with Crippen molar-refractivity contribution in [3.05, 3.63) is 62.2 Å². The maximum absolute atomic E-state index is 11.6. The van der Waals surface area contributed by atoms with E-state index in [0.29, 0.717) is 4.47 Å². The van der Waals surface area contributed by atoms with Crippen molar-refractivity contribution in [3.8, 4) is 0 Å². The van der Waals surface area contributed by atoms with Crippen molar-refractivity contribution >= 4 is 15.9 Å². The number of fused-ring (bicyclic) bond motifs is 1. The van der Waals surface area contributed by atoms with Crippen molar-refractivity contribution in [1.82, 2.24) is 9.97 Å². The zero-order valence-electron chi connectivity index (χ0n) is 9.11. The van der Waals surface area contributed by atoms with E-state index in [1.54, 1.807) is 6.20 Å². The highest BCUT2D eigenvalue weighted by Gasteiger charge is 2.25. The monoisotopic (exact) mass is 290 g/mol. The van der Waals surface area contributed by atoms with E-state index < -0.39 is 0 Å². The van der Waals surface area contributed by atoms with Gasteiger partial charge in [0.2, 0.25) is 0 Å². The summed E-state index contributed by atoms with van der Waals surface area (Å²) in [6.45, 7) is 0. The van der Waals surface area contributed by atoms with E-state index in [1.165, 1.54) is 11.1 Å². The number of aromatic nitrogens is 2. The summed E-state index contributed by atoms with van der Waals surface area (Å²) in [5.74, 6) is 0.996. The molecule has 1 atom stereocenters. The first-order valence-electron chi connectivity index (χ1n) is 5.58. The molecule has 1 aliphatic carbocycles. The Labute approximate surface area is 107 Å². The fourth-order valence-electron chi connectivity index (χ4n) is 2.41. The largest absolute Gasteiger partial charge is 0.309 e. The van der Waals surface area contributed by atoms with Gasteiger partial charge in [0.15, 0.2) is 0 Å². The second-order valence-electron chi connectivity index (χ2n) is 4.24. The summed E-state index contributed by atoms with van der Waals surface area (Å²) in [5.41, 5.74) is 2.54. The van der Waals surface area contributed by atoms with Crippen molar-refractivity contribution < 1.29 is 0 Å². The standard InChI is InChI=1S/C13H11BrN2O/c14-11-7-15-12(16-13(11)17)10-6-5-8-3-1-2-4-9(8)10/h1-4,7,10H,5-6H2,(H,15,16,17). The minimum Gasteiger partial charge on any atom is -0.309 e. The first-order chi connectivity index (χ1) is 8.25. The summed E-state index contributed by atoms with van der Waals surface area (Å²) in [4.78, 5) is 18.7. The summed E-state index contributed by atoms with van der Waals surface area (Å²) in [6, 6.07) is 8.36. The molecule has 0 aliphatic heterocycles. The van der Waals surface area contributed by atoms with Gasteiger partial charge in [-0.05, 0) is 39.9 Å². The summed E-state index contributed by atoms with van der Waals surface area (Å²) < 4.78 is 0.479. The van der Waals surface area contributed by atoms with Crippen LogP contribution >= 0.6 is 15.9 Å². The van der Waals surface area contributed by atoms with E-state index in [2.05, 4.69) is 44.1 Å². The molecule has 1 heterocycles. The number of H-pyrrole nitrogens is 1. The second kappa shape index (κ2) is 4.11. The molecule has 4 heteroatoms. The highest BCUT2D eigenvalue weighted by atomic mass is 79.9. The van der Waals surface area contributed by atoms with E-state index in [4.69, 9.17) is 0 Å². The van der Waals surface area contributed by atoms with Gasteiger partial charge < -0.3 is 4.98 Å². The molecule has 1 aromatic heterocycles. The first-order valence-corrected chi connectivity index (χ1v) is 6.37. The minimum atomic E-state index is -0.112. The Morgan fingerprint density at radius 3 is 3.00 bits per heavy atom. The maximum Gasteiger partial charge on any atom is 0.265 e. The van der Waals surface area contributed by atoms with Crippen LogP contribution in [-0.4, -0.2) is 9.97 Å². The predicted octanol–water partition coefficient (Wildman–Crippen LogP) is 2.61. The number of halogens is 1. The van der Waals surface area contributed by atoms with Gasteiger partial charge in [-0.1, -0.05) is 24.3 Å². The lowest BCUT2D eigenvalue weighted by Gasteiger charge is -2.10. The molecule has 0 spiro atoms. The molecule has 2 aromatic rings. The molecule has 3 nitrogen and oxygen atoms in total. The molecule has 0 saturated heterocycles. The Morgan fingerprint density at radius 2 is 2.18 bits per heavy atom. The van der Waals surface area contributed by atoms with Gasteiger partial charge in [-0.15, -0.1) is 0 Å². The van der Waals surface area contributed by atoms with Crippen LogP contribution in [0.25, 0.3) is 0 Å². The number of hydrogen-bond donors (Lipinski definition) is 1. The van der Waals surface area contributed by atoms with E-state index >= 15 is 0 Å². The lowest BCUT2D eigenvalue weighted by Crippen LogP contribution is -2.14. The van der Waals surface area contributed by atoms with Crippen LogP contribution in [0.3, 0.4) is 0 Å². The smallest absolute Gasteiger partial charge is 0.265 e. The van der Waals surface area contributed by atoms with Crippen molar-refractivity contribution in [2.45, 2.75) is 18.8 Å². The third-order valence-corrected chi connectivity index (χ3v) is 3.80. The quantitative estimate of drug-likeness (QED) is 0.878. The first kappa shape index (κ1) is 10.7. The van der Waals surface area contributed by atoms with E-state index in [1.807, 2.05) is 6.07 Å². The summed E-state index contributed by atoms with van der Waals surface area (Å²) >= 11 is 3.16. The molecule has 0 amide bonds. The molecule has 1 aromatic carbocycles. The third-order valence-electron chi connectivity index (χ3n) is 3.24. The normalized spacial score (nSPS) is 18.1. The highest BCUT2D eigenvalue weighted by Crippen LogP contribution is 2.35. The van der Waals surface area contributed by atoms with Crippen LogP contribution in [0.4, 0.5) is 0 Å². The zero-order chi connectivity index (χ0) is 11.8. The molecular formula is C13H11BrN2O. The Bertz CT molecular complexity index is 621. The van der Waals surface area contributed by atoms with Crippen molar-refractivity contribution in [2.75, 3.05) is 0 Å². The molecule has 0 fully saturated rings. The van der Waals surface area contributed by atoms with Gasteiger partial charge in [0.05, 0.1) is 0 Å². The number of aryl methyl sites for hydroxylation is 1. The van der Waals surface area contributed by atoms with Crippen molar-refractivity contribution in [2.24, 2.45) is 0 Å². The number of rotatable bonds is 1. The maximum atomic E-state index is 11.6. The molecule has 0 bridgehead atoms. The number of aromatic amines is 1. The SMILES string of the molecule is O=c1[nH]c(C2CCc3ccccc32)ncc1Br. The number of hydrogen-bond acceptors (Lipinski definition) is 2. The van der Waals surface area contributed by atoms with Gasteiger partial charge in [-0.3, -0.25) is 4.79 Å². The van der Waals surface area contributed by atoms with Gasteiger partial charge in [0, 0.05) is 12.1 Å². The summed E-state index contributed by atoms with van der Waals surface area (Å²) in [6.07, 6.45) is 3.65. The number of nitrogens with zero attached hydrogens (tertiary/aromatic N) is 1. The average molecular weight is 291 g/mol. The fourth-order valence-corrected chi connectivity index (χ4v) is 2.61. The highest BCUT2D eigenvalue weighted by molar-refractivity contribution is 9.10. The topological polar surface area (TPSA) is 45.8 Å². The molecule has 1 unspecified atom stereocenters. The predicted molar refractivity (Wildman–Crippen MR) is 69.2 cm³/mol. The Morgan fingerprint density at radius 1 is 1.35 bits per heavy atom. The second-order valence-corrected chi connectivity index (χ2v) is 5.09. The van der Waals surface area contributed by atoms with Crippen LogP contribution in [0.15, 0.2) is 39.7 Å². The van der Waals surface area contributed by atoms with E-state index in [0.717, 1.165) is 18.7 Å². The van der Waals surface area contributed by atoms with Crippen LogP contribution in [0.5, 0.6) is 0 Å². The molecular weight excluding hydrogens is 280 g/mol. The van der Waals surface area contributed by atoms with Crippen LogP contribution < -0.4 is 5.56 Å². The van der Waals surface area contributed by atoms with Crippen molar-refractivity contribution in [3.63, 3.8) is 0 Å². The van der Waals surface area contributed by atoms with Gasteiger partial charge >= 0.3 is 0 Å². The Hall–Kier alpha value is -1.42. The van der Waals surface area contributed by atoms with Gasteiger partial charge in [0.25, 0.3) is 5.56 Å². The molecule has 3 rings (SSSR count). The molecule has 0 saturated carbocycles. The molecule has 1 N–H and O–H groups in total. The van der Waals surface area contributed by atoms with Crippen LogP contribution in [0.1, 0.15) is 29.3 Å². The van der Waals surface area contributed by atoms with Crippen LogP contribution in [0, 0.1) is 0 Å². The summed E-state index contributed by atoms with van der Waals surface area (Å²) in [7, 11) is 0. The minimum absolute atomic E-state index is 0.112. The Kier molecular flexibility index (Phi) is 2.59. The summed E-state index contributed by atoms with van der Waals surface area (Å²) in [5, 5.41) is 0. The van der Waals surface area contributed by atoms with Crippen LogP contribution in [0.2, 0.25) is 0 Å². The van der Waals surface area contributed by atoms with Gasteiger partial charge in [-0.2, -0.15) is 0 Å². The molecule has 86 valence electrons.